The molecule has 2 bridgehead atoms. The number of carbonyl (C=O) groups excluding carboxylic acids is 5. The molecule has 0 N–H and O–H groups in total. The van der Waals surface area contributed by atoms with Gasteiger partial charge >= 0.3 is 5.97 Å². The molecule has 4 amide bonds. The smallest absolute Gasteiger partial charge is 0.334 e. The summed E-state index contributed by atoms with van der Waals surface area (Å²) in [6.45, 7) is 8.73. The van der Waals surface area contributed by atoms with E-state index in [-0.39, 0.29) is 12.2 Å². The molecule has 0 aromatic heterocycles. The lowest BCUT2D eigenvalue weighted by atomic mass is 9.43. The standard InChI is InChI=1S/C31H28Cl2N2O6/c1-6-41-30(40)23-15(4)20-21-24(28(38)34(26(21)36)16-9-7-13(2)18(32)11-16)31(23,5)25-22(20)27(37)35(29(25)39)17-10-8-14(3)19(33)12-17/h7-12,20-22,24-25H,6H2,1-5H3/t20?,21-,22+,24+,25-,31?. The number of amides is 4. The third-order valence-electron chi connectivity index (χ3n) is 9.51. The minimum atomic E-state index is -1.48. The van der Waals surface area contributed by atoms with Gasteiger partial charge in [-0.2, -0.15) is 0 Å². The van der Waals surface area contributed by atoms with Gasteiger partial charge in [-0.25, -0.2) is 14.6 Å². The van der Waals surface area contributed by atoms with Gasteiger partial charge in [-0.15, -0.1) is 0 Å². The number of imide groups is 2. The number of hydrogen-bond donors (Lipinski definition) is 0. The lowest BCUT2D eigenvalue weighted by Crippen LogP contribution is -2.61. The normalized spacial score (nSPS) is 30.4. The summed E-state index contributed by atoms with van der Waals surface area (Å²) in [6.07, 6.45) is 0. The van der Waals surface area contributed by atoms with Gasteiger partial charge in [-0.05, 0) is 63.1 Å². The number of rotatable bonds is 4. The number of benzene rings is 2. The van der Waals surface area contributed by atoms with Crippen molar-refractivity contribution in [1.29, 1.82) is 0 Å². The third kappa shape index (κ3) is 3.50. The molecule has 41 heavy (non-hydrogen) atoms. The summed E-state index contributed by atoms with van der Waals surface area (Å²) >= 11 is 12.7. The van der Waals surface area contributed by atoms with E-state index in [9.17, 15) is 24.0 Å². The number of allylic oxidation sites excluding steroid dienone is 1. The molecule has 8 nitrogen and oxygen atoms in total. The zero-order valence-corrected chi connectivity index (χ0v) is 24.7. The van der Waals surface area contributed by atoms with Crippen LogP contribution in [0, 0.1) is 48.9 Å². The van der Waals surface area contributed by atoms with Crippen LogP contribution in [0.15, 0.2) is 47.5 Å². The fraction of sp³-hybridized carbons (Fsp3) is 0.387. The Morgan fingerprint density at radius 1 is 0.780 bits per heavy atom. The average Bonchev–Trinajstić information content (AvgIpc) is 3.34. The Morgan fingerprint density at radius 2 is 1.22 bits per heavy atom. The predicted molar refractivity (Wildman–Crippen MR) is 152 cm³/mol. The molecule has 10 heteroatoms. The first-order chi connectivity index (χ1) is 19.4. The van der Waals surface area contributed by atoms with E-state index in [4.69, 9.17) is 27.9 Å². The fourth-order valence-electron chi connectivity index (χ4n) is 7.76. The van der Waals surface area contributed by atoms with Crippen LogP contribution in [-0.2, 0) is 28.7 Å². The van der Waals surface area contributed by atoms with Gasteiger partial charge in [0.25, 0.3) is 0 Å². The topological polar surface area (TPSA) is 101 Å². The van der Waals surface area contributed by atoms with Crippen molar-refractivity contribution in [1.82, 2.24) is 0 Å². The molecule has 2 aromatic rings. The van der Waals surface area contributed by atoms with Crippen LogP contribution in [0.3, 0.4) is 0 Å². The number of anilines is 2. The van der Waals surface area contributed by atoms with Crippen LogP contribution >= 0.6 is 23.2 Å². The van der Waals surface area contributed by atoms with E-state index in [0.29, 0.717) is 27.0 Å². The monoisotopic (exact) mass is 594 g/mol. The lowest BCUT2D eigenvalue weighted by molar-refractivity contribution is -0.155. The average molecular weight is 595 g/mol. The van der Waals surface area contributed by atoms with E-state index in [0.717, 1.165) is 20.9 Å². The summed E-state index contributed by atoms with van der Waals surface area (Å²) in [7, 11) is 0. The lowest BCUT2D eigenvalue weighted by Gasteiger charge is -2.55. The number of aryl methyl sites for hydroxylation is 2. The van der Waals surface area contributed by atoms with Crippen LogP contribution in [0.4, 0.5) is 11.4 Å². The second-order valence-electron chi connectivity index (χ2n) is 11.5. The number of halogens is 2. The van der Waals surface area contributed by atoms with Gasteiger partial charge in [0, 0.05) is 27.0 Å². The number of esters is 1. The summed E-state index contributed by atoms with van der Waals surface area (Å²) in [5.41, 5.74) is 1.40. The van der Waals surface area contributed by atoms with Gasteiger partial charge in [0.05, 0.1) is 41.7 Å². The molecule has 6 atom stereocenters. The molecular weight excluding hydrogens is 567 g/mol. The number of hydrogen-bond acceptors (Lipinski definition) is 6. The molecule has 0 spiro atoms. The van der Waals surface area contributed by atoms with Gasteiger partial charge in [-0.1, -0.05) is 47.8 Å². The van der Waals surface area contributed by atoms with Gasteiger partial charge in [0.15, 0.2) is 0 Å². The molecule has 2 aromatic carbocycles. The Kier molecular flexibility index (Phi) is 6.25. The van der Waals surface area contributed by atoms with E-state index in [1.54, 1.807) is 57.2 Å². The molecule has 2 aliphatic heterocycles. The van der Waals surface area contributed by atoms with Crippen LogP contribution in [0.25, 0.3) is 0 Å². The molecule has 2 heterocycles. The fourth-order valence-corrected chi connectivity index (χ4v) is 8.11. The van der Waals surface area contributed by atoms with Crippen LogP contribution < -0.4 is 9.80 Å². The number of ether oxygens (including phenoxy) is 1. The first-order valence-electron chi connectivity index (χ1n) is 13.5. The highest BCUT2D eigenvalue weighted by atomic mass is 35.5. The maximum atomic E-state index is 14.2. The van der Waals surface area contributed by atoms with E-state index in [1.165, 1.54) is 0 Å². The largest absolute Gasteiger partial charge is 0.463 e. The van der Waals surface area contributed by atoms with Crippen LogP contribution in [0.5, 0.6) is 0 Å². The van der Waals surface area contributed by atoms with Gasteiger partial charge in [0.2, 0.25) is 23.6 Å². The molecule has 3 fully saturated rings. The van der Waals surface area contributed by atoms with Crippen molar-refractivity contribution >= 4 is 64.2 Å². The maximum Gasteiger partial charge on any atom is 0.334 e. The van der Waals surface area contributed by atoms with Crippen molar-refractivity contribution in [2.75, 3.05) is 16.4 Å². The van der Waals surface area contributed by atoms with Gasteiger partial charge in [0.1, 0.15) is 0 Å². The second-order valence-corrected chi connectivity index (χ2v) is 12.3. The van der Waals surface area contributed by atoms with Crippen LogP contribution in [0.1, 0.15) is 31.9 Å². The van der Waals surface area contributed by atoms with E-state index in [1.807, 2.05) is 13.8 Å². The first-order valence-corrected chi connectivity index (χ1v) is 14.3. The van der Waals surface area contributed by atoms with Gasteiger partial charge < -0.3 is 4.74 Å². The summed E-state index contributed by atoms with van der Waals surface area (Å²) < 4.78 is 5.42. The molecule has 3 aliphatic carbocycles. The van der Waals surface area contributed by atoms with E-state index >= 15 is 0 Å². The van der Waals surface area contributed by atoms with E-state index < -0.39 is 64.6 Å². The molecule has 7 rings (SSSR count). The molecule has 2 unspecified atom stereocenters. The molecule has 5 aliphatic rings. The highest BCUT2D eigenvalue weighted by Crippen LogP contribution is 2.68. The van der Waals surface area contributed by atoms with Crippen molar-refractivity contribution in [2.24, 2.45) is 35.0 Å². The molecule has 1 saturated carbocycles. The quantitative estimate of drug-likeness (QED) is 0.362. The molecule has 0 radical (unpaired) electrons. The zero-order valence-electron chi connectivity index (χ0n) is 23.2. The van der Waals surface area contributed by atoms with Crippen molar-refractivity contribution in [3.05, 3.63) is 68.7 Å². The minimum Gasteiger partial charge on any atom is -0.463 e. The summed E-state index contributed by atoms with van der Waals surface area (Å²) in [6, 6.07) is 9.84. The Morgan fingerprint density at radius 3 is 1.61 bits per heavy atom. The molecule has 212 valence electrons. The summed E-state index contributed by atoms with van der Waals surface area (Å²) in [5.74, 6) is -7.50. The van der Waals surface area contributed by atoms with Crippen molar-refractivity contribution in [3.63, 3.8) is 0 Å². The number of carbonyl (C=O) groups is 5. The second kappa shape index (κ2) is 9.26. The third-order valence-corrected chi connectivity index (χ3v) is 10.3. The van der Waals surface area contributed by atoms with Crippen molar-refractivity contribution < 1.29 is 28.7 Å². The number of nitrogens with zero attached hydrogens (tertiary/aromatic N) is 2. The molecule has 2 saturated heterocycles. The SMILES string of the molecule is CCOC(=O)C1=C(C)C2[C@H]3C(=O)N(c4ccc(C)c(Cl)c4)C(=O)[C@H]3C1(C)[C@H]1C(=O)N(c3ccc(C)c(Cl)c3)C(=O)[C@@H]21. The van der Waals surface area contributed by atoms with Gasteiger partial charge in [-0.3, -0.25) is 19.2 Å². The van der Waals surface area contributed by atoms with Crippen molar-refractivity contribution in [3.8, 4) is 0 Å². The highest BCUT2D eigenvalue weighted by Gasteiger charge is 2.77. The van der Waals surface area contributed by atoms with E-state index in [2.05, 4.69) is 0 Å². The van der Waals surface area contributed by atoms with Crippen molar-refractivity contribution in [2.45, 2.75) is 34.6 Å². The predicted octanol–water partition coefficient (Wildman–Crippen LogP) is 5.05. The highest BCUT2D eigenvalue weighted by molar-refractivity contribution is 6.33. The maximum absolute atomic E-state index is 14.2. The zero-order chi connectivity index (χ0) is 29.7. The Hall–Kier alpha value is -3.49. The first kappa shape index (κ1) is 27.7. The minimum absolute atomic E-state index is 0.0836. The summed E-state index contributed by atoms with van der Waals surface area (Å²) in [4.78, 5) is 72.4. The Balaban J connectivity index is 1.54. The van der Waals surface area contributed by atoms with Crippen LogP contribution in [0.2, 0.25) is 10.0 Å². The summed E-state index contributed by atoms with van der Waals surface area (Å²) in [5, 5.41) is 0.784. The van der Waals surface area contributed by atoms with Crippen LogP contribution in [-0.4, -0.2) is 36.2 Å². The Labute approximate surface area is 247 Å². The molecular formula is C31H28Cl2N2O6. The Bertz CT molecular complexity index is 1530.